The SMILES string of the molecule is CC(C)(NC(=O)CSCC(=O)N1CCOCC1)c1ccc(Cl)c(Cl)c1. The molecule has 1 aliphatic rings. The van der Waals surface area contributed by atoms with Crippen LogP contribution in [0.15, 0.2) is 18.2 Å². The minimum absolute atomic E-state index is 0.0462. The first-order valence-electron chi connectivity index (χ1n) is 7.99. The lowest BCUT2D eigenvalue weighted by atomic mass is 9.94. The number of nitrogens with one attached hydrogen (secondary N) is 1. The Labute approximate surface area is 162 Å². The first-order chi connectivity index (χ1) is 11.8. The van der Waals surface area contributed by atoms with Crippen molar-refractivity contribution in [3.8, 4) is 0 Å². The maximum atomic E-state index is 12.2. The van der Waals surface area contributed by atoms with Crippen molar-refractivity contribution < 1.29 is 14.3 Å². The smallest absolute Gasteiger partial charge is 0.232 e. The highest BCUT2D eigenvalue weighted by Gasteiger charge is 2.24. The van der Waals surface area contributed by atoms with Gasteiger partial charge in [-0.3, -0.25) is 9.59 Å². The summed E-state index contributed by atoms with van der Waals surface area (Å²) in [5.41, 5.74) is 0.282. The summed E-state index contributed by atoms with van der Waals surface area (Å²) in [6.07, 6.45) is 0. The van der Waals surface area contributed by atoms with Crippen LogP contribution in [0, 0.1) is 0 Å². The number of ether oxygens (including phenoxy) is 1. The Balaban J connectivity index is 1.80. The Bertz CT molecular complexity index is 634. The molecule has 0 unspecified atom stereocenters. The minimum atomic E-state index is -0.583. The highest BCUT2D eigenvalue weighted by Crippen LogP contribution is 2.28. The van der Waals surface area contributed by atoms with Crippen molar-refractivity contribution in [3.63, 3.8) is 0 Å². The normalized spacial score (nSPS) is 15.1. The lowest BCUT2D eigenvalue weighted by Crippen LogP contribution is -2.43. The first kappa shape index (κ1) is 20.4. The summed E-state index contributed by atoms with van der Waals surface area (Å²) in [5, 5.41) is 3.89. The molecule has 2 amide bonds. The molecule has 0 spiro atoms. The van der Waals surface area contributed by atoms with E-state index in [1.165, 1.54) is 11.8 Å². The van der Waals surface area contributed by atoms with Crippen molar-refractivity contribution in [1.82, 2.24) is 10.2 Å². The van der Waals surface area contributed by atoms with Crippen LogP contribution in [-0.4, -0.2) is 54.5 Å². The Kier molecular flexibility index (Phi) is 7.43. The van der Waals surface area contributed by atoms with E-state index >= 15 is 0 Å². The molecule has 0 aliphatic carbocycles. The lowest BCUT2D eigenvalue weighted by molar-refractivity contribution is -0.132. The molecular formula is C17H22Cl2N2O3S. The Hall–Kier alpha value is -0.950. The lowest BCUT2D eigenvalue weighted by Gasteiger charge is -2.28. The summed E-state index contributed by atoms with van der Waals surface area (Å²) in [6.45, 7) is 6.19. The molecule has 1 aliphatic heterocycles. The van der Waals surface area contributed by atoms with Gasteiger partial charge in [-0.05, 0) is 31.5 Å². The highest BCUT2D eigenvalue weighted by molar-refractivity contribution is 8.00. The van der Waals surface area contributed by atoms with Crippen LogP contribution in [0.4, 0.5) is 0 Å². The molecule has 2 rings (SSSR count). The van der Waals surface area contributed by atoms with Gasteiger partial charge >= 0.3 is 0 Å². The number of halogens is 2. The van der Waals surface area contributed by atoms with Gasteiger partial charge in [-0.15, -0.1) is 11.8 Å². The molecule has 5 nitrogen and oxygen atoms in total. The zero-order chi connectivity index (χ0) is 18.4. The van der Waals surface area contributed by atoms with Crippen molar-refractivity contribution in [2.75, 3.05) is 37.8 Å². The van der Waals surface area contributed by atoms with Crippen LogP contribution >= 0.6 is 35.0 Å². The van der Waals surface area contributed by atoms with E-state index in [0.29, 0.717) is 42.1 Å². The Morgan fingerprint density at radius 3 is 2.52 bits per heavy atom. The third-order valence-electron chi connectivity index (χ3n) is 3.92. The van der Waals surface area contributed by atoms with E-state index < -0.39 is 5.54 Å². The van der Waals surface area contributed by atoms with E-state index in [9.17, 15) is 9.59 Å². The molecule has 0 bridgehead atoms. The highest BCUT2D eigenvalue weighted by atomic mass is 35.5. The van der Waals surface area contributed by atoms with Crippen molar-refractivity contribution >= 4 is 46.8 Å². The number of rotatable bonds is 6. The van der Waals surface area contributed by atoms with Crippen LogP contribution < -0.4 is 5.32 Å². The van der Waals surface area contributed by atoms with E-state index in [1.54, 1.807) is 17.0 Å². The predicted molar refractivity (Wildman–Crippen MR) is 102 cm³/mol. The molecule has 1 N–H and O–H groups in total. The fraction of sp³-hybridized carbons (Fsp3) is 0.529. The molecule has 8 heteroatoms. The summed E-state index contributed by atoms with van der Waals surface area (Å²) in [4.78, 5) is 26.0. The number of morpholine rings is 1. The molecule has 0 saturated carbocycles. The standard InChI is InChI=1S/C17H22Cl2N2O3S/c1-17(2,12-3-4-13(18)14(19)9-12)20-15(22)10-25-11-16(23)21-5-7-24-8-6-21/h3-4,9H,5-8,10-11H2,1-2H3,(H,20,22). The largest absolute Gasteiger partial charge is 0.378 e. The molecule has 1 aromatic rings. The molecule has 0 atom stereocenters. The van der Waals surface area contributed by atoms with Gasteiger partial charge in [0.2, 0.25) is 11.8 Å². The molecule has 1 fully saturated rings. The second-order valence-electron chi connectivity index (χ2n) is 6.29. The van der Waals surface area contributed by atoms with Crippen LogP contribution in [0.3, 0.4) is 0 Å². The van der Waals surface area contributed by atoms with Crippen LogP contribution in [0.2, 0.25) is 10.0 Å². The molecule has 0 aromatic heterocycles. The third-order valence-corrected chi connectivity index (χ3v) is 5.57. The van der Waals surface area contributed by atoms with Crippen LogP contribution in [-0.2, 0) is 19.9 Å². The van der Waals surface area contributed by atoms with Gasteiger partial charge in [0.15, 0.2) is 0 Å². The summed E-state index contributed by atoms with van der Waals surface area (Å²) >= 11 is 13.3. The summed E-state index contributed by atoms with van der Waals surface area (Å²) in [6, 6.07) is 5.30. The van der Waals surface area contributed by atoms with Crippen molar-refractivity contribution in [2.45, 2.75) is 19.4 Å². The predicted octanol–water partition coefficient (Wildman–Crippen LogP) is 2.94. The molecule has 25 heavy (non-hydrogen) atoms. The van der Waals surface area contributed by atoms with Crippen molar-refractivity contribution in [3.05, 3.63) is 33.8 Å². The van der Waals surface area contributed by atoms with Crippen molar-refractivity contribution in [1.29, 1.82) is 0 Å². The topological polar surface area (TPSA) is 58.6 Å². The van der Waals surface area contributed by atoms with Crippen LogP contribution in [0.1, 0.15) is 19.4 Å². The maximum absolute atomic E-state index is 12.2. The van der Waals surface area contributed by atoms with E-state index in [0.717, 1.165) is 5.56 Å². The fourth-order valence-electron chi connectivity index (χ4n) is 2.48. The number of hydrogen-bond acceptors (Lipinski definition) is 4. The van der Waals surface area contributed by atoms with E-state index in [1.807, 2.05) is 19.9 Å². The Morgan fingerprint density at radius 1 is 1.20 bits per heavy atom. The van der Waals surface area contributed by atoms with Gasteiger partial charge in [-0.25, -0.2) is 0 Å². The van der Waals surface area contributed by atoms with E-state index in [4.69, 9.17) is 27.9 Å². The van der Waals surface area contributed by atoms with Gasteiger partial charge in [0.1, 0.15) is 0 Å². The molecule has 1 saturated heterocycles. The first-order valence-corrected chi connectivity index (χ1v) is 9.90. The van der Waals surface area contributed by atoms with E-state index in [-0.39, 0.29) is 17.6 Å². The summed E-state index contributed by atoms with van der Waals surface area (Å²) in [7, 11) is 0. The number of amides is 2. The zero-order valence-corrected chi connectivity index (χ0v) is 16.6. The number of carbonyl (C=O) groups excluding carboxylic acids is 2. The van der Waals surface area contributed by atoms with E-state index in [2.05, 4.69) is 5.32 Å². The maximum Gasteiger partial charge on any atom is 0.232 e. The van der Waals surface area contributed by atoms with Crippen molar-refractivity contribution in [2.24, 2.45) is 0 Å². The van der Waals surface area contributed by atoms with Crippen LogP contribution in [0.25, 0.3) is 0 Å². The minimum Gasteiger partial charge on any atom is -0.378 e. The summed E-state index contributed by atoms with van der Waals surface area (Å²) in [5.74, 6) is 0.433. The molecule has 138 valence electrons. The monoisotopic (exact) mass is 404 g/mol. The Morgan fingerprint density at radius 2 is 1.88 bits per heavy atom. The average molecular weight is 405 g/mol. The second kappa shape index (κ2) is 9.12. The van der Waals surface area contributed by atoms with Crippen LogP contribution in [0.5, 0.6) is 0 Å². The average Bonchev–Trinajstić information content (AvgIpc) is 2.57. The molecular weight excluding hydrogens is 383 g/mol. The zero-order valence-electron chi connectivity index (χ0n) is 14.3. The quantitative estimate of drug-likeness (QED) is 0.791. The number of nitrogens with zero attached hydrogens (tertiary/aromatic N) is 1. The van der Waals surface area contributed by atoms with Gasteiger partial charge in [0.25, 0.3) is 0 Å². The number of thioether (sulfide) groups is 1. The number of benzene rings is 1. The summed E-state index contributed by atoms with van der Waals surface area (Å²) < 4.78 is 5.22. The van der Waals surface area contributed by atoms with Gasteiger partial charge in [0, 0.05) is 13.1 Å². The fourth-order valence-corrected chi connectivity index (χ4v) is 3.49. The number of hydrogen-bond donors (Lipinski definition) is 1. The van der Waals surface area contributed by atoms with Gasteiger partial charge in [-0.2, -0.15) is 0 Å². The van der Waals surface area contributed by atoms with Gasteiger partial charge in [-0.1, -0.05) is 29.3 Å². The molecule has 1 aromatic carbocycles. The van der Waals surface area contributed by atoms with Gasteiger partial charge < -0.3 is 15.0 Å². The molecule has 0 radical (unpaired) electrons. The third kappa shape index (κ3) is 6.06. The second-order valence-corrected chi connectivity index (χ2v) is 8.09. The number of carbonyl (C=O) groups is 2. The van der Waals surface area contributed by atoms with Gasteiger partial charge in [0.05, 0.1) is 40.3 Å². The molecule has 1 heterocycles.